The van der Waals surface area contributed by atoms with Crippen LogP contribution in [0.4, 0.5) is 0 Å². The molecule has 78 valence electrons. The maximum absolute atomic E-state index is 11.5. The Labute approximate surface area is 79.8 Å². The Bertz CT molecular complexity index is 169. The number of ketones is 1. The molecule has 0 spiro atoms. The number of hydrogen-bond acceptors (Lipinski definition) is 3. The summed E-state index contributed by atoms with van der Waals surface area (Å²) in [5.41, 5.74) is -0.535. The summed E-state index contributed by atoms with van der Waals surface area (Å²) in [6.07, 6.45) is -0.905. The first-order valence-corrected chi connectivity index (χ1v) is 4.69. The first-order valence-electron chi connectivity index (χ1n) is 4.69. The average molecular weight is 188 g/mol. The number of carbonyl (C=O) groups excluding carboxylic acids is 1. The van der Waals surface area contributed by atoms with Gasteiger partial charge in [-0.25, -0.2) is 0 Å². The normalized spacial score (nSPS) is 16.8. The van der Waals surface area contributed by atoms with E-state index in [-0.39, 0.29) is 12.2 Å². The molecular weight excluding hydrogens is 168 g/mol. The van der Waals surface area contributed by atoms with Crippen molar-refractivity contribution in [2.45, 2.75) is 52.7 Å². The predicted octanol–water partition coefficient (Wildman–Crippen LogP) is 1.12. The summed E-state index contributed by atoms with van der Waals surface area (Å²) in [5.74, 6) is -0.208. The molecule has 3 heteroatoms. The lowest BCUT2D eigenvalue weighted by molar-refractivity contribution is -0.136. The number of Topliss-reactive ketones (excluding diaryl/α,β-unsaturated/α-hetero) is 1. The quantitative estimate of drug-likeness (QED) is 0.695. The summed E-state index contributed by atoms with van der Waals surface area (Å²) in [7, 11) is 0. The fourth-order valence-corrected chi connectivity index (χ4v) is 1.03. The lowest BCUT2D eigenvalue weighted by Gasteiger charge is -2.22. The van der Waals surface area contributed by atoms with Crippen molar-refractivity contribution >= 4 is 5.78 Å². The van der Waals surface area contributed by atoms with Crippen LogP contribution in [-0.2, 0) is 4.79 Å². The summed E-state index contributed by atoms with van der Waals surface area (Å²) in [5, 5.41) is 18.7. The van der Waals surface area contributed by atoms with Gasteiger partial charge in [-0.3, -0.25) is 4.79 Å². The van der Waals surface area contributed by atoms with Gasteiger partial charge in [0.1, 0.15) is 6.10 Å². The zero-order valence-electron chi connectivity index (χ0n) is 8.87. The van der Waals surface area contributed by atoms with Crippen LogP contribution in [0, 0.1) is 5.41 Å². The Morgan fingerprint density at radius 2 is 1.77 bits per heavy atom. The second-order valence-electron chi connectivity index (χ2n) is 4.43. The van der Waals surface area contributed by atoms with Crippen molar-refractivity contribution in [1.29, 1.82) is 0 Å². The lowest BCUT2D eigenvalue weighted by atomic mass is 9.86. The standard InChI is InChI=1S/C10H20O3/c1-5-7(11)6-8(12)9(13)10(2,3)4/h7-8,11-12H,5-6H2,1-4H3/t7-,8-/m0/s1. The molecule has 0 aliphatic rings. The molecule has 0 bridgehead atoms. The Kier molecular flexibility index (Phi) is 4.57. The summed E-state index contributed by atoms with van der Waals surface area (Å²) < 4.78 is 0. The van der Waals surface area contributed by atoms with E-state index in [9.17, 15) is 15.0 Å². The van der Waals surface area contributed by atoms with Crippen molar-refractivity contribution in [2.24, 2.45) is 5.41 Å². The Morgan fingerprint density at radius 3 is 2.08 bits per heavy atom. The third kappa shape index (κ3) is 4.39. The minimum absolute atomic E-state index is 0.145. The molecule has 0 unspecified atom stereocenters. The fraction of sp³-hybridized carbons (Fsp3) is 0.900. The maximum Gasteiger partial charge on any atom is 0.166 e. The van der Waals surface area contributed by atoms with Crippen molar-refractivity contribution in [3.8, 4) is 0 Å². The maximum atomic E-state index is 11.5. The Hall–Kier alpha value is -0.410. The highest BCUT2D eigenvalue weighted by atomic mass is 16.3. The number of aliphatic hydroxyl groups is 2. The monoisotopic (exact) mass is 188 g/mol. The van der Waals surface area contributed by atoms with E-state index < -0.39 is 17.6 Å². The molecule has 0 aromatic carbocycles. The van der Waals surface area contributed by atoms with Gasteiger partial charge in [0.2, 0.25) is 0 Å². The van der Waals surface area contributed by atoms with Crippen LogP contribution in [0.5, 0.6) is 0 Å². The zero-order valence-corrected chi connectivity index (χ0v) is 8.87. The molecule has 0 saturated carbocycles. The van der Waals surface area contributed by atoms with Crippen LogP contribution in [0.3, 0.4) is 0 Å². The van der Waals surface area contributed by atoms with E-state index in [1.165, 1.54) is 0 Å². The molecule has 0 aliphatic heterocycles. The Balaban J connectivity index is 4.12. The highest BCUT2D eigenvalue weighted by Gasteiger charge is 2.29. The van der Waals surface area contributed by atoms with E-state index in [0.29, 0.717) is 6.42 Å². The smallest absolute Gasteiger partial charge is 0.166 e. The lowest BCUT2D eigenvalue weighted by Crippen LogP contribution is -2.34. The molecule has 0 rings (SSSR count). The van der Waals surface area contributed by atoms with Crippen molar-refractivity contribution in [1.82, 2.24) is 0 Å². The van der Waals surface area contributed by atoms with Gasteiger partial charge >= 0.3 is 0 Å². The number of hydrogen-bond donors (Lipinski definition) is 2. The van der Waals surface area contributed by atoms with Crippen LogP contribution >= 0.6 is 0 Å². The van der Waals surface area contributed by atoms with Gasteiger partial charge in [-0.2, -0.15) is 0 Å². The van der Waals surface area contributed by atoms with E-state index in [1.54, 1.807) is 20.8 Å². The molecule has 0 aromatic heterocycles. The molecule has 2 atom stereocenters. The minimum atomic E-state index is -1.03. The van der Waals surface area contributed by atoms with E-state index in [1.807, 2.05) is 6.92 Å². The summed E-state index contributed by atoms with van der Waals surface area (Å²) in [6, 6.07) is 0. The van der Waals surface area contributed by atoms with Crippen LogP contribution < -0.4 is 0 Å². The average Bonchev–Trinajstić information content (AvgIpc) is 2.01. The fourth-order valence-electron chi connectivity index (χ4n) is 1.03. The Morgan fingerprint density at radius 1 is 1.31 bits per heavy atom. The predicted molar refractivity (Wildman–Crippen MR) is 51.4 cm³/mol. The summed E-state index contributed by atoms with van der Waals surface area (Å²) in [6.45, 7) is 7.10. The first kappa shape index (κ1) is 12.6. The molecule has 0 radical (unpaired) electrons. The summed E-state index contributed by atoms with van der Waals surface area (Å²) >= 11 is 0. The third-order valence-electron chi connectivity index (χ3n) is 2.01. The van der Waals surface area contributed by atoms with Crippen LogP contribution in [0.2, 0.25) is 0 Å². The molecule has 0 aliphatic carbocycles. The molecule has 0 aromatic rings. The van der Waals surface area contributed by atoms with Crippen molar-refractivity contribution in [3.05, 3.63) is 0 Å². The van der Waals surface area contributed by atoms with E-state index in [4.69, 9.17) is 0 Å². The van der Waals surface area contributed by atoms with Crippen LogP contribution in [0.15, 0.2) is 0 Å². The van der Waals surface area contributed by atoms with Gasteiger partial charge in [0.15, 0.2) is 5.78 Å². The largest absolute Gasteiger partial charge is 0.393 e. The molecule has 0 fully saturated rings. The molecule has 0 saturated heterocycles. The highest BCUT2D eigenvalue weighted by molar-refractivity contribution is 5.87. The van der Waals surface area contributed by atoms with Gasteiger partial charge in [-0.15, -0.1) is 0 Å². The second kappa shape index (κ2) is 4.72. The topological polar surface area (TPSA) is 57.5 Å². The number of rotatable bonds is 4. The van der Waals surface area contributed by atoms with Gasteiger partial charge < -0.3 is 10.2 Å². The van der Waals surface area contributed by atoms with Gasteiger partial charge in [0.05, 0.1) is 6.10 Å². The molecule has 2 N–H and O–H groups in total. The van der Waals surface area contributed by atoms with Gasteiger partial charge in [-0.05, 0) is 6.42 Å². The molecule has 0 heterocycles. The molecule has 0 amide bonds. The van der Waals surface area contributed by atoms with Crippen LogP contribution in [0.25, 0.3) is 0 Å². The highest BCUT2D eigenvalue weighted by Crippen LogP contribution is 2.19. The van der Waals surface area contributed by atoms with Crippen LogP contribution in [0.1, 0.15) is 40.5 Å². The van der Waals surface area contributed by atoms with Crippen LogP contribution in [-0.4, -0.2) is 28.2 Å². The third-order valence-corrected chi connectivity index (χ3v) is 2.01. The van der Waals surface area contributed by atoms with Gasteiger partial charge in [0.25, 0.3) is 0 Å². The van der Waals surface area contributed by atoms with Crippen molar-refractivity contribution in [3.63, 3.8) is 0 Å². The first-order chi connectivity index (χ1) is 5.79. The molecular formula is C10H20O3. The van der Waals surface area contributed by atoms with E-state index in [2.05, 4.69) is 0 Å². The zero-order chi connectivity index (χ0) is 10.6. The van der Waals surface area contributed by atoms with Crippen molar-refractivity contribution in [2.75, 3.05) is 0 Å². The number of carbonyl (C=O) groups is 1. The van der Waals surface area contributed by atoms with E-state index in [0.717, 1.165) is 0 Å². The molecule has 3 nitrogen and oxygen atoms in total. The molecule has 13 heavy (non-hydrogen) atoms. The van der Waals surface area contributed by atoms with E-state index >= 15 is 0 Å². The summed E-state index contributed by atoms with van der Waals surface area (Å²) in [4.78, 5) is 11.5. The van der Waals surface area contributed by atoms with Crippen molar-refractivity contribution < 1.29 is 15.0 Å². The second-order valence-corrected chi connectivity index (χ2v) is 4.43. The number of aliphatic hydroxyl groups excluding tert-OH is 2. The SMILES string of the molecule is CC[C@H](O)C[C@H](O)C(=O)C(C)(C)C. The minimum Gasteiger partial charge on any atom is -0.393 e. The van der Waals surface area contributed by atoms with Gasteiger partial charge in [-0.1, -0.05) is 27.7 Å². The van der Waals surface area contributed by atoms with Gasteiger partial charge in [0, 0.05) is 11.8 Å².